The molecule has 0 aromatic rings. The van der Waals surface area contributed by atoms with Crippen molar-refractivity contribution in [3.63, 3.8) is 0 Å². The van der Waals surface area contributed by atoms with Gasteiger partial charge in [-0.25, -0.2) is 0 Å². The van der Waals surface area contributed by atoms with E-state index in [1.54, 1.807) is 0 Å². The molecule has 0 aliphatic carbocycles. The molecule has 0 aromatic heterocycles. The Bertz CT molecular complexity index is 205. The van der Waals surface area contributed by atoms with Gasteiger partial charge in [0.25, 0.3) is 0 Å². The van der Waals surface area contributed by atoms with Crippen LogP contribution in [-0.2, 0) is 9.16 Å². The molecule has 4 atom stereocenters. The molecule has 1 fully saturated rings. The van der Waals surface area contributed by atoms with Crippen molar-refractivity contribution in [3.8, 4) is 0 Å². The van der Waals surface area contributed by atoms with Crippen LogP contribution in [0.4, 0.5) is 0 Å². The summed E-state index contributed by atoms with van der Waals surface area (Å²) in [5, 5.41) is 28.3. The Labute approximate surface area is 90.8 Å². The quantitative estimate of drug-likeness (QED) is 0.566. The van der Waals surface area contributed by atoms with Crippen LogP contribution in [0.15, 0.2) is 0 Å². The molecule has 1 aliphatic rings. The van der Waals surface area contributed by atoms with E-state index >= 15 is 0 Å². The van der Waals surface area contributed by atoms with Crippen molar-refractivity contribution in [2.45, 2.75) is 44.1 Å². The topological polar surface area (TPSA) is 79.2 Å². The minimum Gasteiger partial charge on any atom is -0.415 e. The zero-order valence-electron chi connectivity index (χ0n) is 9.38. The number of rotatable bonds is 3. The minimum absolute atomic E-state index is 0.0396. The Hall–Kier alpha value is 0.0169. The number of aliphatic hydroxyl groups excluding tert-OH is 3. The van der Waals surface area contributed by atoms with Crippen LogP contribution >= 0.6 is 0 Å². The Kier molecular flexibility index (Phi) is 4.27. The molecule has 0 aromatic carbocycles. The molecule has 1 saturated heterocycles. The summed E-state index contributed by atoms with van der Waals surface area (Å²) in [6.07, 6.45) is -3.78. The smallest absolute Gasteiger partial charge is 0.183 e. The lowest BCUT2D eigenvalue weighted by Crippen LogP contribution is -2.55. The van der Waals surface area contributed by atoms with Gasteiger partial charge in [-0.2, -0.15) is 0 Å². The second-order valence-electron chi connectivity index (χ2n) is 4.84. The lowest BCUT2D eigenvalue weighted by molar-refractivity contribution is -0.193. The van der Waals surface area contributed by atoms with Gasteiger partial charge < -0.3 is 24.5 Å². The molecule has 15 heavy (non-hydrogen) atoms. The average molecular weight is 236 g/mol. The first-order valence-electron chi connectivity index (χ1n) is 5.11. The largest absolute Gasteiger partial charge is 0.415 e. The molecule has 0 saturated carbocycles. The fourth-order valence-corrected chi connectivity index (χ4v) is 2.01. The van der Waals surface area contributed by atoms with Crippen molar-refractivity contribution in [2.75, 3.05) is 13.2 Å². The third kappa shape index (κ3) is 3.82. The molecular weight excluding hydrogens is 216 g/mol. The minimum atomic E-state index is -1.65. The maximum absolute atomic E-state index is 9.61. The highest BCUT2D eigenvalue weighted by Gasteiger charge is 2.38. The van der Waals surface area contributed by atoms with E-state index in [2.05, 4.69) is 0 Å². The van der Waals surface area contributed by atoms with Gasteiger partial charge in [0, 0.05) is 0 Å². The lowest BCUT2D eigenvalue weighted by Gasteiger charge is -2.36. The van der Waals surface area contributed by atoms with Crippen LogP contribution in [0, 0.1) is 0 Å². The Morgan fingerprint density at radius 1 is 1.20 bits per heavy atom. The van der Waals surface area contributed by atoms with Gasteiger partial charge in [-0.15, -0.1) is 0 Å². The van der Waals surface area contributed by atoms with Crippen molar-refractivity contribution < 1.29 is 24.5 Å². The highest BCUT2D eigenvalue weighted by molar-refractivity contribution is 6.69. The third-order valence-electron chi connectivity index (χ3n) is 2.29. The standard InChI is InChI=1S/C9H20O5Si/c1-15(2,3)14-5-7-9(12)8(11)6(10)4-13-7/h6-12H,4-5H2,1-3H3. The van der Waals surface area contributed by atoms with Crippen LogP contribution < -0.4 is 0 Å². The monoisotopic (exact) mass is 236 g/mol. The number of hydrogen-bond donors (Lipinski definition) is 3. The van der Waals surface area contributed by atoms with E-state index in [1.165, 1.54) is 0 Å². The molecule has 0 spiro atoms. The summed E-state index contributed by atoms with van der Waals surface area (Å²) in [5.74, 6) is 0. The van der Waals surface area contributed by atoms with Crippen molar-refractivity contribution >= 4 is 8.32 Å². The van der Waals surface area contributed by atoms with E-state index in [0.717, 1.165) is 0 Å². The van der Waals surface area contributed by atoms with Crippen molar-refractivity contribution in [3.05, 3.63) is 0 Å². The van der Waals surface area contributed by atoms with E-state index in [4.69, 9.17) is 9.16 Å². The van der Waals surface area contributed by atoms with E-state index in [0.29, 0.717) is 0 Å². The van der Waals surface area contributed by atoms with Crippen LogP contribution in [0.5, 0.6) is 0 Å². The van der Waals surface area contributed by atoms with Gasteiger partial charge in [-0.1, -0.05) is 0 Å². The molecule has 0 bridgehead atoms. The maximum Gasteiger partial charge on any atom is 0.183 e. The third-order valence-corrected chi connectivity index (χ3v) is 3.32. The van der Waals surface area contributed by atoms with Gasteiger partial charge in [0.2, 0.25) is 0 Å². The SMILES string of the molecule is C[Si](C)(C)OCC1OCC(O)C(O)C1O. The summed E-state index contributed by atoms with van der Waals surface area (Å²) in [7, 11) is -1.65. The molecule has 90 valence electrons. The second-order valence-corrected chi connectivity index (χ2v) is 9.36. The molecule has 4 unspecified atom stereocenters. The van der Waals surface area contributed by atoms with Gasteiger partial charge >= 0.3 is 0 Å². The first-order chi connectivity index (χ1) is 6.81. The first kappa shape index (κ1) is 13.1. The van der Waals surface area contributed by atoms with Crippen LogP contribution in [0.3, 0.4) is 0 Å². The highest BCUT2D eigenvalue weighted by atomic mass is 28.4. The predicted octanol–water partition coefficient (Wildman–Crippen LogP) is -0.681. The maximum atomic E-state index is 9.61. The Morgan fingerprint density at radius 2 is 1.80 bits per heavy atom. The average Bonchev–Trinajstić information content (AvgIpc) is 2.12. The van der Waals surface area contributed by atoms with Crippen LogP contribution in [0.1, 0.15) is 0 Å². The van der Waals surface area contributed by atoms with Gasteiger partial charge in [0.15, 0.2) is 8.32 Å². The highest BCUT2D eigenvalue weighted by Crippen LogP contribution is 2.17. The van der Waals surface area contributed by atoms with Crippen LogP contribution in [-0.4, -0.2) is 61.3 Å². The summed E-state index contributed by atoms with van der Waals surface area (Å²) in [4.78, 5) is 0. The second kappa shape index (κ2) is 4.90. The molecule has 0 amide bonds. The summed E-state index contributed by atoms with van der Waals surface area (Å²) < 4.78 is 10.8. The molecule has 1 rings (SSSR count). The summed E-state index contributed by atoms with van der Waals surface area (Å²) >= 11 is 0. The molecule has 1 aliphatic heterocycles. The van der Waals surface area contributed by atoms with Crippen molar-refractivity contribution in [1.82, 2.24) is 0 Å². The van der Waals surface area contributed by atoms with Gasteiger partial charge in [0.1, 0.15) is 24.4 Å². The van der Waals surface area contributed by atoms with Gasteiger partial charge in [-0.05, 0) is 19.6 Å². The number of aliphatic hydroxyl groups is 3. The van der Waals surface area contributed by atoms with E-state index in [-0.39, 0.29) is 13.2 Å². The fraction of sp³-hybridized carbons (Fsp3) is 1.00. The normalized spacial score (nSPS) is 38.0. The summed E-state index contributed by atoms with van der Waals surface area (Å²) in [6.45, 7) is 6.41. The molecule has 0 radical (unpaired) electrons. The Balaban J connectivity index is 2.43. The van der Waals surface area contributed by atoms with E-state index in [1.807, 2.05) is 19.6 Å². The molecule has 3 N–H and O–H groups in total. The molecule has 6 heteroatoms. The number of hydrogen-bond acceptors (Lipinski definition) is 5. The zero-order chi connectivity index (χ0) is 11.6. The summed E-state index contributed by atoms with van der Waals surface area (Å²) in [5.41, 5.74) is 0. The van der Waals surface area contributed by atoms with Gasteiger partial charge in [0.05, 0.1) is 13.2 Å². The fourth-order valence-electron chi connectivity index (χ4n) is 1.35. The Morgan fingerprint density at radius 3 is 2.33 bits per heavy atom. The first-order valence-corrected chi connectivity index (χ1v) is 8.52. The number of ether oxygens (including phenoxy) is 1. The zero-order valence-corrected chi connectivity index (χ0v) is 10.4. The van der Waals surface area contributed by atoms with Gasteiger partial charge in [-0.3, -0.25) is 0 Å². The summed E-state index contributed by atoms with van der Waals surface area (Å²) in [6, 6.07) is 0. The lowest BCUT2D eigenvalue weighted by atomic mass is 10.0. The predicted molar refractivity (Wildman–Crippen MR) is 57.1 cm³/mol. The molecule has 5 nitrogen and oxygen atoms in total. The van der Waals surface area contributed by atoms with Crippen molar-refractivity contribution in [1.29, 1.82) is 0 Å². The van der Waals surface area contributed by atoms with Crippen LogP contribution in [0.25, 0.3) is 0 Å². The van der Waals surface area contributed by atoms with E-state index < -0.39 is 32.7 Å². The molecule has 1 heterocycles. The molecular formula is C9H20O5Si. The van der Waals surface area contributed by atoms with Crippen molar-refractivity contribution in [2.24, 2.45) is 0 Å². The van der Waals surface area contributed by atoms with E-state index in [9.17, 15) is 15.3 Å². The van der Waals surface area contributed by atoms with Crippen LogP contribution in [0.2, 0.25) is 19.6 Å².